The maximum Gasteiger partial charge on any atom is 0.240 e. The molecule has 0 bridgehead atoms. The van der Waals surface area contributed by atoms with Crippen LogP contribution in [0.25, 0.3) is 11.0 Å². The first-order valence-corrected chi connectivity index (χ1v) is 6.25. The van der Waals surface area contributed by atoms with Crippen LogP contribution in [0.1, 0.15) is 0 Å². The number of sulfonamides is 1. The molecule has 7 heteroatoms. The van der Waals surface area contributed by atoms with Crippen molar-refractivity contribution in [3.8, 4) is 0 Å². The molecule has 1 heterocycles. The van der Waals surface area contributed by atoms with Crippen molar-refractivity contribution in [3.63, 3.8) is 0 Å². The van der Waals surface area contributed by atoms with Crippen LogP contribution in [-0.2, 0) is 10.0 Å². The van der Waals surface area contributed by atoms with Crippen LogP contribution in [0.2, 0.25) is 5.15 Å². The maximum atomic E-state index is 11.5. The molecule has 0 unspecified atom stereocenters. The molecule has 0 aliphatic rings. The highest BCUT2D eigenvalue weighted by molar-refractivity contribution is 7.89. The second-order valence-corrected chi connectivity index (χ2v) is 5.32. The van der Waals surface area contributed by atoms with Gasteiger partial charge in [-0.2, -0.15) is 0 Å². The second-order valence-electron chi connectivity index (χ2n) is 3.05. The van der Waals surface area contributed by atoms with E-state index in [0.29, 0.717) is 11.0 Å². The Hall–Kier alpha value is -1.24. The third kappa shape index (κ3) is 1.99. The predicted octanol–water partition coefficient (Wildman–Crippen LogP) is 1.19. The van der Waals surface area contributed by atoms with Crippen molar-refractivity contribution in [3.05, 3.63) is 29.5 Å². The Labute approximate surface area is 97.5 Å². The molecule has 0 aliphatic heterocycles. The molecule has 2 aromatic rings. The summed E-state index contributed by atoms with van der Waals surface area (Å²) in [7, 11) is -2.10. The van der Waals surface area contributed by atoms with Gasteiger partial charge in [0, 0.05) is 0 Å². The molecule has 0 amide bonds. The van der Waals surface area contributed by atoms with E-state index in [1.165, 1.54) is 25.4 Å². The zero-order chi connectivity index (χ0) is 11.8. The molecule has 0 saturated heterocycles. The van der Waals surface area contributed by atoms with Crippen molar-refractivity contribution in [2.45, 2.75) is 4.90 Å². The van der Waals surface area contributed by atoms with Gasteiger partial charge in [0.05, 0.1) is 22.1 Å². The Balaban J connectivity index is 2.66. The van der Waals surface area contributed by atoms with Crippen molar-refractivity contribution in [2.75, 3.05) is 7.05 Å². The van der Waals surface area contributed by atoms with E-state index in [1.54, 1.807) is 6.07 Å². The molecule has 0 saturated carbocycles. The Morgan fingerprint density at radius 3 is 2.75 bits per heavy atom. The molecule has 0 spiro atoms. The average molecular weight is 258 g/mol. The number of hydrogen-bond acceptors (Lipinski definition) is 4. The highest BCUT2D eigenvalue weighted by Gasteiger charge is 2.12. The number of rotatable bonds is 2. The summed E-state index contributed by atoms with van der Waals surface area (Å²) in [4.78, 5) is 8.17. The molecular weight excluding hydrogens is 250 g/mol. The van der Waals surface area contributed by atoms with Crippen molar-refractivity contribution in [2.24, 2.45) is 0 Å². The van der Waals surface area contributed by atoms with Crippen LogP contribution < -0.4 is 4.72 Å². The summed E-state index contributed by atoms with van der Waals surface area (Å²) in [5.41, 5.74) is 1.04. The van der Waals surface area contributed by atoms with Crippen LogP contribution in [0, 0.1) is 0 Å². The minimum absolute atomic E-state index is 0.152. The van der Waals surface area contributed by atoms with E-state index in [0.717, 1.165) is 0 Å². The summed E-state index contributed by atoms with van der Waals surface area (Å²) < 4.78 is 25.3. The van der Waals surface area contributed by atoms with E-state index in [2.05, 4.69) is 14.7 Å². The zero-order valence-electron chi connectivity index (χ0n) is 8.31. The smallest absolute Gasteiger partial charge is 0.240 e. The first-order valence-electron chi connectivity index (χ1n) is 4.39. The highest BCUT2D eigenvalue weighted by atomic mass is 35.5. The summed E-state index contributed by atoms with van der Waals surface area (Å²) in [5, 5.41) is 0.275. The minimum atomic E-state index is -3.45. The molecule has 84 valence electrons. The van der Waals surface area contributed by atoms with E-state index in [9.17, 15) is 8.42 Å². The zero-order valence-corrected chi connectivity index (χ0v) is 9.88. The quantitative estimate of drug-likeness (QED) is 0.877. The molecule has 16 heavy (non-hydrogen) atoms. The van der Waals surface area contributed by atoms with Gasteiger partial charge in [-0.15, -0.1) is 0 Å². The van der Waals surface area contributed by atoms with Gasteiger partial charge in [-0.25, -0.2) is 18.1 Å². The van der Waals surface area contributed by atoms with Gasteiger partial charge in [0.15, 0.2) is 0 Å². The van der Waals surface area contributed by atoms with Gasteiger partial charge >= 0.3 is 0 Å². The lowest BCUT2D eigenvalue weighted by Gasteiger charge is -2.03. The van der Waals surface area contributed by atoms with Gasteiger partial charge in [-0.1, -0.05) is 11.6 Å². The monoisotopic (exact) mass is 257 g/mol. The first kappa shape index (κ1) is 11.3. The summed E-state index contributed by atoms with van der Waals surface area (Å²) in [6.07, 6.45) is 1.37. The lowest BCUT2D eigenvalue weighted by molar-refractivity contribution is 0.588. The summed E-state index contributed by atoms with van der Waals surface area (Å²) in [6, 6.07) is 4.47. The second kappa shape index (κ2) is 3.97. The fraction of sp³-hybridized carbons (Fsp3) is 0.111. The van der Waals surface area contributed by atoms with Crippen LogP contribution in [0.4, 0.5) is 0 Å². The molecule has 2 rings (SSSR count). The molecule has 0 aliphatic carbocycles. The molecule has 1 aromatic carbocycles. The number of halogens is 1. The number of fused-ring (bicyclic) bond motifs is 1. The third-order valence-electron chi connectivity index (χ3n) is 2.06. The van der Waals surface area contributed by atoms with Gasteiger partial charge in [0.2, 0.25) is 10.0 Å². The van der Waals surface area contributed by atoms with Crippen LogP contribution in [0.5, 0.6) is 0 Å². The van der Waals surface area contributed by atoms with Gasteiger partial charge < -0.3 is 0 Å². The third-order valence-corrected chi connectivity index (χ3v) is 3.66. The maximum absolute atomic E-state index is 11.5. The minimum Gasteiger partial charge on any atom is -0.251 e. The average Bonchev–Trinajstić information content (AvgIpc) is 2.28. The fourth-order valence-corrected chi connectivity index (χ4v) is 2.14. The lowest BCUT2D eigenvalue weighted by atomic mass is 10.3. The van der Waals surface area contributed by atoms with Crippen molar-refractivity contribution >= 4 is 32.7 Å². The molecular formula is C9H8ClN3O2S. The summed E-state index contributed by atoms with van der Waals surface area (Å²) >= 11 is 5.67. The van der Waals surface area contributed by atoms with Crippen LogP contribution in [0.15, 0.2) is 29.3 Å². The van der Waals surface area contributed by atoms with Gasteiger partial charge in [0.1, 0.15) is 5.15 Å². The van der Waals surface area contributed by atoms with Gasteiger partial charge in [-0.3, -0.25) is 4.98 Å². The first-order chi connectivity index (χ1) is 7.53. The molecule has 1 N–H and O–H groups in total. The Kier molecular flexibility index (Phi) is 2.79. The molecule has 5 nitrogen and oxygen atoms in total. The van der Waals surface area contributed by atoms with Crippen LogP contribution in [-0.4, -0.2) is 25.4 Å². The van der Waals surface area contributed by atoms with Gasteiger partial charge in [0.25, 0.3) is 0 Å². The Bertz CT molecular complexity index is 642. The number of hydrogen-bond donors (Lipinski definition) is 1. The summed E-state index contributed by atoms with van der Waals surface area (Å²) in [6.45, 7) is 0. The van der Waals surface area contributed by atoms with Crippen LogP contribution in [0.3, 0.4) is 0 Å². The Morgan fingerprint density at radius 2 is 2.06 bits per heavy atom. The number of nitrogens with one attached hydrogen (secondary N) is 1. The van der Waals surface area contributed by atoms with E-state index < -0.39 is 10.0 Å². The molecule has 0 radical (unpaired) electrons. The van der Waals surface area contributed by atoms with E-state index >= 15 is 0 Å². The van der Waals surface area contributed by atoms with E-state index in [-0.39, 0.29) is 10.0 Å². The predicted molar refractivity (Wildman–Crippen MR) is 60.8 cm³/mol. The normalized spacial score (nSPS) is 11.9. The lowest BCUT2D eigenvalue weighted by Crippen LogP contribution is -2.18. The van der Waals surface area contributed by atoms with Crippen molar-refractivity contribution in [1.29, 1.82) is 0 Å². The highest BCUT2D eigenvalue weighted by Crippen LogP contribution is 2.17. The van der Waals surface area contributed by atoms with Crippen molar-refractivity contribution in [1.82, 2.24) is 14.7 Å². The largest absolute Gasteiger partial charge is 0.251 e. The SMILES string of the molecule is CNS(=O)(=O)c1ccc2nc(Cl)cnc2c1. The Morgan fingerprint density at radius 1 is 1.31 bits per heavy atom. The molecule has 0 fully saturated rings. The number of aromatic nitrogens is 2. The van der Waals surface area contributed by atoms with Gasteiger partial charge in [-0.05, 0) is 25.2 Å². The molecule has 0 atom stereocenters. The summed E-state index contributed by atoms with van der Waals surface area (Å²) in [5.74, 6) is 0. The number of nitrogens with zero attached hydrogens (tertiary/aromatic N) is 2. The topological polar surface area (TPSA) is 72.0 Å². The van der Waals surface area contributed by atoms with E-state index in [1.807, 2.05) is 0 Å². The fourth-order valence-electron chi connectivity index (χ4n) is 1.25. The van der Waals surface area contributed by atoms with E-state index in [4.69, 9.17) is 11.6 Å². The van der Waals surface area contributed by atoms with Crippen LogP contribution >= 0.6 is 11.6 Å². The molecule has 1 aromatic heterocycles. The number of benzene rings is 1. The van der Waals surface area contributed by atoms with Crippen molar-refractivity contribution < 1.29 is 8.42 Å². The standard InChI is InChI=1S/C9H8ClN3O2S/c1-11-16(14,15)6-2-3-7-8(4-6)12-5-9(10)13-7/h2-5,11H,1H3.